The summed E-state index contributed by atoms with van der Waals surface area (Å²) in [6.45, 7) is 0. The average molecular weight is 195 g/mol. The lowest BCUT2D eigenvalue weighted by Crippen LogP contribution is -1.84. The molecule has 1 radical (unpaired) electrons. The first kappa shape index (κ1) is 8.11. The molecule has 0 atom stereocenters. The fraction of sp³-hybridized carbons (Fsp3) is 0. The Hall–Kier alpha value is -2.23. The number of nitrogens with one attached hydrogen (secondary N) is 1. The van der Waals surface area contributed by atoms with Gasteiger partial charge in [0.1, 0.15) is 6.20 Å². The van der Waals surface area contributed by atoms with Crippen molar-refractivity contribution in [3.63, 3.8) is 0 Å². The van der Waals surface area contributed by atoms with Gasteiger partial charge in [-0.15, -0.1) is 0 Å². The number of H-pyrrole nitrogens is 1. The van der Waals surface area contributed by atoms with Crippen molar-refractivity contribution in [2.75, 3.05) is 0 Å². The average Bonchev–Trinajstić information content (AvgIpc) is 2.78. The molecule has 4 heteroatoms. The molecule has 0 amide bonds. The number of hydrogen-bond donors (Lipinski definition) is 1. The van der Waals surface area contributed by atoms with Crippen LogP contribution in [-0.4, -0.2) is 20.2 Å². The van der Waals surface area contributed by atoms with E-state index < -0.39 is 0 Å². The van der Waals surface area contributed by atoms with Crippen LogP contribution >= 0.6 is 0 Å². The minimum Gasteiger partial charge on any atom is -0.277 e. The van der Waals surface area contributed by atoms with Crippen molar-refractivity contribution in [1.82, 2.24) is 20.2 Å². The molecule has 0 saturated heterocycles. The minimum absolute atomic E-state index is 0.834. The number of aromatic nitrogens is 4. The van der Waals surface area contributed by atoms with Gasteiger partial charge in [0.2, 0.25) is 0 Å². The maximum atomic E-state index is 4.25. The molecule has 4 nitrogen and oxygen atoms in total. The van der Waals surface area contributed by atoms with Gasteiger partial charge in [-0.05, 0) is 6.07 Å². The van der Waals surface area contributed by atoms with Crippen LogP contribution in [0.4, 0.5) is 0 Å². The molecule has 15 heavy (non-hydrogen) atoms. The van der Waals surface area contributed by atoms with Crippen LogP contribution in [0.5, 0.6) is 0 Å². The second-order valence-electron chi connectivity index (χ2n) is 3.15. The Morgan fingerprint density at radius 2 is 2.20 bits per heavy atom. The molecule has 0 aliphatic rings. The number of hydrogen-bond acceptors (Lipinski definition) is 3. The number of aromatic amines is 1. The van der Waals surface area contributed by atoms with Crippen LogP contribution in [0.1, 0.15) is 0 Å². The lowest BCUT2D eigenvalue weighted by atomic mass is 10.1. The Bertz CT molecular complexity index is 586. The summed E-state index contributed by atoms with van der Waals surface area (Å²) in [5, 5.41) is 7.71. The monoisotopic (exact) mass is 195 g/mol. The lowest BCUT2D eigenvalue weighted by molar-refractivity contribution is 1.11. The van der Waals surface area contributed by atoms with Crippen molar-refractivity contribution >= 4 is 10.9 Å². The second kappa shape index (κ2) is 3.16. The van der Waals surface area contributed by atoms with Crippen molar-refractivity contribution in [2.24, 2.45) is 0 Å². The minimum atomic E-state index is 0.834. The first-order valence-electron chi connectivity index (χ1n) is 4.56. The number of benzene rings is 1. The molecule has 3 aromatic rings. The summed E-state index contributed by atoms with van der Waals surface area (Å²) >= 11 is 0. The van der Waals surface area contributed by atoms with Gasteiger partial charge in [-0.2, -0.15) is 5.10 Å². The van der Waals surface area contributed by atoms with Crippen LogP contribution in [0, 0.1) is 6.20 Å². The van der Waals surface area contributed by atoms with E-state index in [4.69, 9.17) is 0 Å². The number of rotatable bonds is 1. The summed E-state index contributed by atoms with van der Waals surface area (Å²) in [6, 6.07) is 5.90. The van der Waals surface area contributed by atoms with E-state index in [1.807, 2.05) is 18.2 Å². The van der Waals surface area contributed by atoms with Gasteiger partial charge in [-0.1, -0.05) is 12.1 Å². The molecule has 1 aromatic carbocycles. The molecule has 0 bridgehead atoms. The summed E-state index contributed by atoms with van der Waals surface area (Å²) in [5.41, 5.74) is 2.79. The normalized spacial score (nSPS) is 10.7. The SMILES string of the molecule is [c]1n[nH]c2cccc(-c3cnccn3)c12. The Labute approximate surface area is 86.0 Å². The highest BCUT2D eigenvalue weighted by Gasteiger charge is 2.05. The Morgan fingerprint density at radius 3 is 3.07 bits per heavy atom. The Morgan fingerprint density at radius 1 is 1.20 bits per heavy atom. The molecule has 2 aromatic heterocycles. The fourth-order valence-electron chi connectivity index (χ4n) is 1.56. The Kier molecular flexibility index (Phi) is 1.71. The zero-order chi connectivity index (χ0) is 10.1. The van der Waals surface area contributed by atoms with Crippen LogP contribution in [0.25, 0.3) is 22.2 Å². The molecule has 71 valence electrons. The van der Waals surface area contributed by atoms with Gasteiger partial charge in [0.25, 0.3) is 0 Å². The van der Waals surface area contributed by atoms with Crippen LogP contribution in [0.2, 0.25) is 0 Å². The smallest absolute Gasteiger partial charge is 0.122 e. The molecule has 0 aliphatic carbocycles. The van der Waals surface area contributed by atoms with E-state index in [1.54, 1.807) is 18.6 Å². The molecule has 0 saturated carbocycles. The van der Waals surface area contributed by atoms with E-state index in [-0.39, 0.29) is 0 Å². The summed E-state index contributed by atoms with van der Waals surface area (Å²) in [7, 11) is 0. The van der Waals surface area contributed by atoms with Crippen molar-refractivity contribution in [3.05, 3.63) is 43.0 Å². The topological polar surface area (TPSA) is 54.5 Å². The standard InChI is InChI=1S/C11H7N4/c1-2-8(11-7-12-4-5-13-11)9-6-14-15-10(9)3-1/h1-5,7H,(H,14,15). The van der Waals surface area contributed by atoms with Crippen molar-refractivity contribution in [1.29, 1.82) is 0 Å². The zero-order valence-corrected chi connectivity index (χ0v) is 7.81. The molecule has 0 spiro atoms. The van der Waals surface area contributed by atoms with E-state index in [0.717, 1.165) is 22.2 Å². The van der Waals surface area contributed by atoms with Gasteiger partial charge < -0.3 is 0 Å². The summed E-state index contributed by atoms with van der Waals surface area (Å²) in [6.07, 6.45) is 7.98. The second-order valence-corrected chi connectivity index (χ2v) is 3.15. The first-order valence-corrected chi connectivity index (χ1v) is 4.56. The first-order chi connectivity index (χ1) is 7.45. The fourth-order valence-corrected chi connectivity index (χ4v) is 1.56. The van der Waals surface area contributed by atoms with Gasteiger partial charge in [0.15, 0.2) is 0 Å². The predicted octanol–water partition coefficient (Wildman–Crippen LogP) is 1.82. The third kappa shape index (κ3) is 1.27. The van der Waals surface area contributed by atoms with Gasteiger partial charge in [0.05, 0.1) is 17.4 Å². The van der Waals surface area contributed by atoms with Gasteiger partial charge in [0, 0.05) is 23.3 Å². The van der Waals surface area contributed by atoms with E-state index in [9.17, 15) is 0 Å². The predicted molar refractivity (Wildman–Crippen MR) is 56.0 cm³/mol. The van der Waals surface area contributed by atoms with Crippen molar-refractivity contribution < 1.29 is 0 Å². The Balaban J connectivity index is 2.31. The summed E-state index contributed by atoms with van der Waals surface area (Å²) in [4.78, 5) is 8.30. The number of nitrogens with zero attached hydrogens (tertiary/aromatic N) is 3. The maximum Gasteiger partial charge on any atom is 0.122 e. The molecule has 0 fully saturated rings. The van der Waals surface area contributed by atoms with Gasteiger partial charge >= 0.3 is 0 Å². The number of fused-ring (bicyclic) bond motifs is 1. The van der Waals surface area contributed by atoms with Crippen LogP contribution in [-0.2, 0) is 0 Å². The highest BCUT2D eigenvalue weighted by Crippen LogP contribution is 2.24. The van der Waals surface area contributed by atoms with Crippen LogP contribution in [0.15, 0.2) is 36.8 Å². The van der Waals surface area contributed by atoms with E-state index in [2.05, 4.69) is 26.4 Å². The molecular formula is C11H7N4. The molecular weight excluding hydrogens is 188 g/mol. The highest BCUT2D eigenvalue weighted by molar-refractivity contribution is 5.92. The van der Waals surface area contributed by atoms with Crippen LogP contribution in [0.3, 0.4) is 0 Å². The molecule has 0 unspecified atom stereocenters. The van der Waals surface area contributed by atoms with Crippen molar-refractivity contribution in [3.8, 4) is 11.3 Å². The molecule has 2 heterocycles. The third-order valence-electron chi connectivity index (χ3n) is 2.25. The summed E-state index contributed by atoms with van der Waals surface area (Å²) in [5.74, 6) is 0. The van der Waals surface area contributed by atoms with Crippen molar-refractivity contribution in [2.45, 2.75) is 0 Å². The van der Waals surface area contributed by atoms with E-state index in [0.29, 0.717) is 0 Å². The quantitative estimate of drug-likeness (QED) is 0.644. The lowest BCUT2D eigenvalue weighted by Gasteiger charge is -1.99. The van der Waals surface area contributed by atoms with Gasteiger partial charge in [-0.3, -0.25) is 15.1 Å². The molecule has 1 N–H and O–H groups in total. The van der Waals surface area contributed by atoms with Gasteiger partial charge in [-0.25, -0.2) is 0 Å². The maximum absolute atomic E-state index is 4.25. The van der Waals surface area contributed by atoms with E-state index in [1.165, 1.54) is 0 Å². The van der Waals surface area contributed by atoms with E-state index >= 15 is 0 Å². The van der Waals surface area contributed by atoms with Crippen LogP contribution < -0.4 is 0 Å². The third-order valence-corrected chi connectivity index (χ3v) is 2.25. The largest absolute Gasteiger partial charge is 0.277 e. The molecule has 3 rings (SSSR count). The molecule has 0 aliphatic heterocycles. The zero-order valence-electron chi connectivity index (χ0n) is 7.81. The highest BCUT2D eigenvalue weighted by atomic mass is 15.1. The summed E-state index contributed by atoms with van der Waals surface area (Å²) < 4.78 is 0.